The van der Waals surface area contributed by atoms with Gasteiger partial charge in [0.1, 0.15) is 6.61 Å². The van der Waals surface area contributed by atoms with E-state index >= 15 is 0 Å². The molecule has 4 aromatic rings. The predicted octanol–water partition coefficient (Wildman–Crippen LogP) is 6.95. The molecule has 0 unspecified atom stereocenters. The van der Waals surface area contributed by atoms with Crippen LogP contribution in [-0.2, 0) is 9.48 Å². The van der Waals surface area contributed by atoms with Crippen molar-refractivity contribution in [3.05, 3.63) is 156 Å². The lowest BCUT2D eigenvalue weighted by Crippen LogP contribution is -2.33. The average Bonchev–Trinajstić information content (AvgIpc) is 3.44. The molecule has 202 valence electrons. The van der Waals surface area contributed by atoms with Gasteiger partial charge in [-0.25, -0.2) is 4.79 Å². The van der Waals surface area contributed by atoms with Gasteiger partial charge >= 0.3 is 6.09 Å². The normalized spacial score (nSPS) is 16.9. The van der Waals surface area contributed by atoms with E-state index in [9.17, 15) is 9.59 Å². The Kier molecular flexibility index (Phi) is 8.37. The molecule has 1 fully saturated rings. The highest BCUT2D eigenvalue weighted by Crippen LogP contribution is 2.53. The van der Waals surface area contributed by atoms with Crippen molar-refractivity contribution in [2.75, 3.05) is 13.2 Å². The largest absolute Gasteiger partial charge is 0.445 e. The summed E-state index contributed by atoms with van der Waals surface area (Å²) in [5, 5.41) is 0.0812. The standard InChI is InChI=1S/C34H32N2O3S/c1-2-22-39-33(38)36-24-30(23-31(36)25-18-20-26(21-19-25)32(35)37)40-34(27-12-6-3-7-13-27,28-14-8-4-9-15-28)29-16-10-5-11-17-29/h2-21,30-31H,1,22-24H2,(H2,35,37)/t30-,31+/m0/s1. The van der Waals surface area contributed by atoms with Gasteiger partial charge in [-0.05, 0) is 40.8 Å². The minimum Gasteiger partial charge on any atom is -0.445 e. The monoisotopic (exact) mass is 548 g/mol. The highest BCUT2D eigenvalue weighted by atomic mass is 32.2. The van der Waals surface area contributed by atoms with Crippen LogP contribution < -0.4 is 5.73 Å². The molecule has 5 rings (SSSR count). The number of likely N-dealkylation sites (tertiary alicyclic amines) is 1. The van der Waals surface area contributed by atoms with E-state index in [1.807, 2.05) is 42.1 Å². The van der Waals surface area contributed by atoms with Crippen molar-refractivity contribution in [1.29, 1.82) is 0 Å². The van der Waals surface area contributed by atoms with Crippen LogP contribution in [0.1, 0.15) is 45.1 Å². The third-order valence-corrected chi connectivity index (χ3v) is 9.02. The van der Waals surface area contributed by atoms with E-state index in [1.165, 1.54) is 16.7 Å². The van der Waals surface area contributed by atoms with Gasteiger partial charge in [0, 0.05) is 17.4 Å². The van der Waals surface area contributed by atoms with Crippen LogP contribution in [0.5, 0.6) is 0 Å². The zero-order valence-electron chi connectivity index (χ0n) is 22.2. The first kappa shape index (κ1) is 27.3. The van der Waals surface area contributed by atoms with Crippen LogP contribution in [0.2, 0.25) is 0 Å². The highest BCUT2D eigenvalue weighted by molar-refractivity contribution is 8.01. The topological polar surface area (TPSA) is 72.6 Å². The number of carbonyl (C=O) groups is 2. The molecule has 0 radical (unpaired) electrons. The zero-order valence-corrected chi connectivity index (χ0v) is 23.0. The Balaban J connectivity index is 1.57. The molecule has 6 heteroatoms. The molecular formula is C34H32N2O3S. The molecule has 40 heavy (non-hydrogen) atoms. The van der Waals surface area contributed by atoms with Crippen LogP contribution in [0.25, 0.3) is 0 Å². The minimum absolute atomic E-state index is 0.0812. The number of nitrogens with two attached hydrogens (primary N) is 1. The molecular weight excluding hydrogens is 516 g/mol. The lowest BCUT2D eigenvalue weighted by atomic mass is 9.84. The molecule has 2 N–H and O–H groups in total. The zero-order chi connectivity index (χ0) is 28.0. The first-order chi connectivity index (χ1) is 19.5. The summed E-state index contributed by atoms with van der Waals surface area (Å²) in [5.74, 6) is -0.480. The van der Waals surface area contributed by atoms with Gasteiger partial charge in [-0.2, -0.15) is 0 Å². The number of thioether (sulfide) groups is 1. The Morgan fingerprint density at radius 3 is 1.80 bits per heavy atom. The number of benzene rings is 4. The number of nitrogens with zero attached hydrogens (tertiary/aromatic N) is 1. The summed E-state index contributed by atoms with van der Waals surface area (Å²) < 4.78 is 5.00. The lowest BCUT2D eigenvalue weighted by Gasteiger charge is -2.37. The van der Waals surface area contributed by atoms with Gasteiger partial charge in [0.05, 0.1) is 10.8 Å². The van der Waals surface area contributed by atoms with Crippen molar-refractivity contribution in [3.8, 4) is 0 Å². The second-order valence-corrected chi connectivity index (χ2v) is 11.3. The van der Waals surface area contributed by atoms with Gasteiger partial charge in [0.2, 0.25) is 5.91 Å². The number of amides is 2. The molecule has 1 saturated heterocycles. The molecule has 0 bridgehead atoms. The SMILES string of the molecule is C=CCOC(=O)N1C[C@@H](SC(c2ccccc2)(c2ccccc2)c2ccccc2)C[C@@H]1c1ccc(C(N)=O)cc1. The van der Waals surface area contributed by atoms with Crippen LogP contribution >= 0.6 is 11.8 Å². The molecule has 0 aliphatic carbocycles. The maximum atomic E-state index is 13.3. The van der Waals surface area contributed by atoms with E-state index in [0.29, 0.717) is 12.1 Å². The Labute approximate surface area is 239 Å². The minimum atomic E-state index is -0.504. The van der Waals surface area contributed by atoms with E-state index in [0.717, 1.165) is 12.0 Å². The quantitative estimate of drug-likeness (QED) is 0.181. The highest BCUT2D eigenvalue weighted by Gasteiger charge is 2.45. The van der Waals surface area contributed by atoms with Crippen molar-refractivity contribution in [3.63, 3.8) is 0 Å². The van der Waals surface area contributed by atoms with Crippen molar-refractivity contribution >= 4 is 23.8 Å². The fourth-order valence-electron chi connectivity index (χ4n) is 5.46. The number of hydrogen-bond acceptors (Lipinski definition) is 4. The smallest absolute Gasteiger partial charge is 0.410 e. The molecule has 5 nitrogen and oxygen atoms in total. The maximum Gasteiger partial charge on any atom is 0.410 e. The Hall–Kier alpha value is -4.29. The van der Waals surface area contributed by atoms with E-state index in [1.54, 1.807) is 23.1 Å². The summed E-state index contributed by atoms with van der Waals surface area (Å²) in [6.07, 6.45) is 1.91. The van der Waals surface area contributed by atoms with Crippen LogP contribution in [-0.4, -0.2) is 35.3 Å². The fourth-order valence-corrected chi connectivity index (χ4v) is 7.29. The van der Waals surface area contributed by atoms with Crippen molar-refractivity contribution in [1.82, 2.24) is 4.90 Å². The molecule has 0 saturated carbocycles. The molecule has 1 heterocycles. The van der Waals surface area contributed by atoms with E-state index in [4.69, 9.17) is 10.5 Å². The van der Waals surface area contributed by atoms with Crippen LogP contribution in [0, 0.1) is 0 Å². The number of carbonyl (C=O) groups excluding carboxylic acids is 2. The number of primary amides is 1. The maximum absolute atomic E-state index is 13.3. The van der Waals surface area contributed by atoms with Crippen LogP contribution in [0.4, 0.5) is 4.79 Å². The van der Waals surface area contributed by atoms with Gasteiger partial charge in [-0.15, -0.1) is 11.8 Å². The fraction of sp³-hybridized carbons (Fsp3) is 0.176. The summed E-state index contributed by atoms with van der Waals surface area (Å²) in [4.78, 5) is 26.7. The molecule has 2 atom stereocenters. The first-order valence-electron chi connectivity index (χ1n) is 13.3. The summed E-state index contributed by atoms with van der Waals surface area (Å²) in [6, 6.07) is 38.6. The second kappa shape index (κ2) is 12.3. The van der Waals surface area contributed by atoms with Gasteiger partial charge in [0.15, 0.2) is 0 Å². The van der Waals surface area contributed by atoms with Crippen molar-refractivity contribution in [2.45, 2.75) is 22.5 Å². The third kappa shape index (κ3) is 5.54. The van der Waals surface area contributed by atoms with E-state index < -0.39 is 10.7 Å². The van der Waals surface area contributed by atoms with Gasteiger partial charge in [-0.3, -0.25) is 4.79 Å². The van der Waals surface area contributed by atoms with Gasteiger partial charge in [-0.1, -0.05) is 116 Å². The Bertz CT molecular complexity index is 1350. The molecule has 0 spiro atoms. The number of hydrogen-bond donors (Lipinski definition) is 1. The summed E-state index contributed by atoms with van der Waals surface area (Å²) >= 11 is 1.87. The second-order valence-electron chi connectivity index (χ2n) is 9.77. The van der Waals surface area contributed by atoms with Crippen LogP contribution in [0.3, 0.4) is 0 Å². The molecule has 1 aliphatic heterocycles. The third-order valence-electron chi connectivity index (χ3n) is 7.29. The number of ether oxygens (including phenoxy) is 1. The van der Waals surface area contributed by atoms with E-state index in [-0.39, 0.29) is 24.0 Å². The summed E-state index contributed by atoms with van der Waals surface area (Å²) in [7, 11) is 0. The molecule has 2 amide bonds. The Morgan fingerprint density at radius 1 is 0.850 bits per heavy atom. The number of rotatable bonds is 9. The molecule has 0 aromatic heterocycles. The molecule has 4 aromatic carbocycles. The summed E-state index contributed by atoms with van der Waals surface area (Å²) in [5.41, 5.74) is 10.4. The van der Waals surface area contributed by atoms with Crippen molar-refractivity contribution in [2.24, 2.45) is 5.73 Å². The average molecular weight is 549 g/mol. The first-order valence-corrected chi connectivity index (χ1v) is 14.2. The van der Waals surface area contributed by atoms with Gasteiger partial charge < -0.3 is 15.4 Å². The Morgan fingerprint density at radius 2 is 1.35 bits per heavy atom. The lowest BCUT2D eigenvalue weighted by molar-refractivity contribution is 0.0998. The predicted molar refractivity (Wildman–Crippen MR) is 161 cm³/mol. The van der Waals surface area contributed by atoms with Crippen molar-refractivity contribution < 1.29 is 14.3 Å². The van der Waals surface area contributed by atoms with Gasteiger partial charge in [0.25, 0.3) is 0 Å². The summed E-state index contributed by atoms with van der Waals surface area (Å²) in [6.45, 7) is 4.34. The van der Waals surface area contributed by atoms with Crippen LogP contribution in [0.15, 0.2) is 128 Å². The van der Waals surface area contributed by atoms with E-state index in [2.05, 4.69) is 79.4 Å². The molecule has 1 aliphatic rings.